The van der Waals surface area contributed by atoms with Crippen molar-refractivity contribution < 1.29 is 26.3 Å². The van der Waals surface area contributed by atoms with E-state index in [-0.39, 0.29) is 38.8 Å². The molecular weight excluding hydrogens is 511 g/mol. The maximum atomic E-state index is 14.1. The molecule has 0 atom stereocenters. The van der Waals surface area contributed by atoms with Crippen LogP contribution in [-0.2, 0) is 16.2 Å². The van der Waals surface area contributed by atoms with Crippen LogP contribution in [0.2, 0.25) is 5.02 Å². The molecule has 1 aliphatic heterocycles. The third kappa shape index (κ3) is 5.15. The van der Waals surface area contributed by atoms with Crippen LogP contribution < -0.4 is 25.8 Å². The zero-order valence-corrected chi connectivity index (χ0v) is 20.0. The minimum atomic E-state index is -4.82. The molecule has 3 aromatic rings. The fourth-order valence-corrected chi connectivity index (χ4v) is 5.58. The van der Waals surface area contributed by atoms with Gasteiger partial charge < -0.3 is 21.1 Å². The molecule has 0 bridgehead atoms. The first-order valence-corrected chi connectivity index (χ1v) is 12.0. The Labute approximate surface area is 203 Å². The fourth-order valence-electron chi connectivity index (χ4n) is 3.65. The number of anilines is 3. The third-order valence-corrected chi connectivity index (χ3v) is 7.27. The van der Waals surface area contributed by atoms with E-state index < -0.39 is 32.9 Å². The lowest BCUT2D eigenvalue weighted by Gasteiger charge is -2.39. The van der Waals surface area contributed by atoms with Crippen molar-refractivity contribution in [2.24, 2.45) is 0 Å². The Morgan fingerprint density at radius 2 is 1.94 bits per heavy atom. The monoisotopic (exact) mass is 531 g/mol. The van der Waals surface area contributed by atoms with Gasteiger partial charge in [0.15, 0.2) is 0 Å². The largest absolute Gasteiger partial charge is 0.495 e. The summed E-state index contributed by atoms with van der Waals surface area (Å²) in [5, 5.41) is 11.4. The van der Waals surface area contributed by atoms with Gasteiger partial charge in [-0.05, 0) is 36.8 Å². The number of nitrogens with two attached hydrogens (primary N) is 1. The number of ether oxygens (including phenoxy) is 1. The van der Waals surface area contributed by atoms with Crippen molar-refractivity contribution in [2.75, 3.05) is 31.2 Å². The highest BCUT2D eigenvalue weighted by Gasteiger charge is 2.38. The zero-order valence-electron chi connectivity index (χ0n) is 18.4. The molecule has 0 aliphatic carbocycles. The molecule has 10 nitrogen and oxygen atoms in total. The summed E-state index contributed by atoms with van der Waals surface area (Å²) >= 11 is 6.31. The van der Waals surface area contributed by atoms with Crippen LogP contribution in [0.3, 0.4) is 0 Å². The average Bonchev–Trinajstić information content (AvgIpc) is 3.15. The molecule has 0 radical (unpaired) electrons. The van der Waals surface area contributed by atoms with Crippen molar-refractivity contribution in [1.82, 2.24) is 25.2 Å². The van der Waals surface area contributed by atoms with Gasteiger partial charge in [-0.3, -0.25) is 0 Å². The number of alkyl halides is 3. The molecule has 35 heavy (non-hydrogen) atoms. The van der Waals surface area contributed by atoms with Crippen molar-refractivity contribution in [3.8, 4) is 16.9 Å². The van der Waals surface area contributed by atoms with Crippen LogP contribution in [0.4, 0.5) is 30.8 Å². The molecule has 2 aromatic carbocycles. The molecule has 1 aliphatic rings. The normalized spacial score (nSPS) is 15.5. The van der Waals surface area contributed by atoms with Gasteiger partial charge in [0.25, 0.3) is 0 Å². The Bertz CT molecular complexity index is 1370. The van der Waals surface area contributed by atoms with Crippen molar-refractivity contribution in [1.29, 1.82) is 0 Å². The number of sulfonamides is 1. The lowest BCUT2D eigenvalue weighted by Crippen LogP contribution is -2.66. The minimum absolute atomic E-state index is 0.0257. The number of nitrogens with zero attached hydrogens (tertiary/aromatic N) is 2. The molecule has 15 heteroatoms. The molecule has 1 aromatic heterocycles. The summed E-state index contributed by atoms with van der Waals surface area (Å²) in [6.45, 7) is 2.52. The van der Waals surface area contributed by atoms with Crippen LogP contribution >= 0.6 is 11.6 Å². The van der Waals surface area contributed by atoms with Crippen molar-refractivity contribution >= 4 is 39.2 Å². The molecule has 188 valence electrons. The highest BCUT2D eigenvalue weighted by Crippen LogP contribution is 2.44. The van der Waals surface area contributed by atoms with E-state index in [2.05, 4.69) is 30.5 Å². The smallest absolute Gasteiger partial charge is 0.417 e. The van der Waals surface area contributed by atoms with E-state index in [4.69, 9.17) is 22.1 Å². The number of methoxy groups -OCH3 is 1. The molecule has 4 rings (SSSR count). The second-order valence-electron chi connectivity index (χ2n) is 8.18. The topological polar surface area (TPSA) is 147 Å². The molecule has 0 spiro atoms. The second-order valence-corrected chi connectivity index (χ2v) is 10.2. The van der Waals surface area contributed by atoms with Crippen molar-refractivity contribution in [3.63, 3.8) is 0 Å². The van der Waals surface area contributed by atoms with Crippen molar-refractivity contribution in [2.45, 2.75) is 23.5 Å². The Balaban J connectivity index is 1.82. The quantitative estimate of drug-likeness (QED) is 0.312. The molecule has 0 saturated carbocycles. The maximum Gasteiger partial charge on any atom is 0.417 e. The predicted octanol–water partition coefficient (Wildman–Crippen LogP) is 3.12. The SMILES string of the molecule is COc1ccc(-c2c(Cl)cc(Nc3n[nH]c(N)n3)cc2C(F)(F)F)cc1S(=O)(=O)NC1(C)CNC1. The Kier molecular flexibility index (Phi) is 6.34. The van der Waals surface area contributed by atoms with Crippen LogP contribution in [-0.4, -0.2) is 49.3 Å². The van der Waals surface area contributed by atoms with Crippen LogP contribution in [0.15, 0.2) is 35.2 Å². The lowest BCUT2D eigenvalue weighted by atomic mass is 9.97. The summed E-state index contributed by atoms with van der Waals surface area (Å²) in [6.07, 6.45) is -4.82. The van der Waals surface area contributed by atoms with Gasteiger partial charge in [-0.25, -0.2) is 18.2 Å². The minimum Gasteiger partial charge on any atom is -0.495 e. The second kappa shape index (κ2) is 8.86. The van der Waals surface area contributed by atoms with Gasteiger partial charge >= 0.3 is 6.18 Å². The van der Waals surface area contributed by atoms with Crippen LogP contribution in [0.1, 0.15) is 12.5 Å². The maximum absolute atomic E-state index is 14.1. The van der Waals surface area contributed by atoms with Crippen LogP contribution in [0, 0.1) is 0 Å². The summed E-state index contributed by atoms with van der Waals surface area (Å²) in [5.41, 5.74) is 3.12. The summed E-state index contributed by atoms with van der Waals surface area (Å²) in [6, 6.07) is 5.77. The molecular formula is C20H21ClF3N7O3S. The van der Waals surface area contributed by atoms with Gasteiger partial charge in [-0.15, -0.1) is 5.10 Å². The number of hydrogen-bond donors (Lipinski definition) is 5. The third-order valence-electron chi connectivity index (χ3n) is 5.31. The lowest BCUT2D eigenvalue weighted by molar-refractivity contribution is -0.137. The summed E-state index contributed by atoms with van der Waals surface area (Å²) in [7, 11) is -2.87. The number of aromatic amines is 1. The fraction of sp³-hybridized carbons (Fsp3) is 0.300. The number of halogens is 4. The van der Waals surface area contributed by atoms with E-state index in [0.29, 0.717) is 13.1 Å². The number of H-pyrrole nitrogens is 1. The Morgan fingerprint density at radius 3 is 2.49 bits per heavy atom. The number of benzene rings is 2. The predicted molar refractivity (Wildman–Crippen MR) is 124 cm³/mol. The van der Waals surface area contributed by atoms with Crippen molar-refractivity contribution in [3.05, 3.63) is 40.9 Å². The number of aromatic nitrogens is 3. The van der Waals surface area contributed by atoms with Gasteiger partial charge in [0, 0.05) is 24.3 Å². The van der Waals surface area contributed by atoms with E-state index in [1.54, 1.807) is 6.92 Å². The first-order chi connectivity index (χ1) is 16.3. The summed E-state index contributed by atoms with van der Waals surface area (Å²) < 4.78 is 76.2. The zero-order chi connectivity index (χ0) is 25.6. The van der Waals surface area contributed by atoms with Gasteiger partial charge in [0.05, 0.1) is 23.2 Å². The average molecular weight is 532 g/mol. The van der Waals surface area contributed by atoms with Crippen LogP contribution in [0.25, 0.3) is 11.1 Å². The number of rotatable bonds is 7. The summed E-state index contributed by atoms with van der Waals surface area (Å²) in [5.74, 6) is -0.108. The first kappa shape index (κ1) is 25.0. The van der Waals surface area contributed by atoms with Gasteiger partial charge in [-0.1, -0.05) is 17.7 Å². The highest BCUT2D eigenvalue weighted by atomic mass is 35.5. The van der Waals surface area contributed by atoms with Crippen LogP contribution in [0.5, 0.6) is 5.75 Å². The molecule has 0 unspecified atom stereocenters. The van der Waals surface area contributed by atoms with E-state index in [1.807, 2.05) is 0 Å². The number of nitrogen functional groups attached to an aromatic ring is 1. The molecule has 1 fully saturated rings. The standard InChI is InChI=1S/C20H21ClF3N7O3S/c1-19(8-26-9-19)31-35(32,33)15-5-10(3-4-14(15)34-2)16-12(20(22,23)24)6-11(7-13(16)21)27-18-28-17(25)29-30-18/h3-7,26,31H,8-9H2,1-2H3,(H4,25,27,28,29,30). The van der Waals surface area contributed by atoms with E-state index in [1.165, 1.54) is 25.3 Å². The number of nitrogens with one attached hydrogen (secondary N) is 4. The van der Waals surface area contributed by atoms with E-state index >= 15 is 0 Å². The molecule has 6 N–H and O–H groups in total. The van der Waals surface area contributed by atoms with E-state index in [9.17, 15) is 21.6 Å². The molecule has 2 heterocycles. The van der Waals surface area contributed by atoms with Gasteiger partial charge in [-0.2, -0.15) is 18.2 Å². The highest BCUT2D eigenvalue weighted by molar-refractivity contribution is 7.89. The first-order valence-electron chi connectivity index (χ1n) is 10.1. The number of hydrogen-bond acceptors (Lipinski definition) is 8. The van der Waals surface area contributed by atoms with Gasteiger partial charge in [0.1, 0.15) is 10.6 Å². The molecule has 0 amide bonds. The van der Waals surface area contributed by atoms with E-state index in [0.717, 1.165) is 12.1 Å². The molecule has 1 saturated heterocycles. The van der Waals surface area contributed by atoms with Gasteiger partial charge in [0.2, 0.25) is 21.9 Å². The summed E-state index contributed by atoms with van der Waals surface area (Å²) in [4.78, 5) is 3.48. The Hall–Kier alpha value is -3.07. The Morgan fingerprint density at radius 1 is 1.23 bits per heavy atom.